The molecular weight excluding hydrogens is 747 g/mol. The van der Waals surface area contributed by atoms with Gasteiger partial charge < -0.3 is 29.1 Å². The minimum Gasteiger partial charge on any atom is -0.389 e. The Labute approximate surface area is 259 Å². The number of carbonyl (C=O) groups is 1. The summed E-state index contributed by atoms with van der Waals surface area (Å²) < 4.78 is 241. The van der Waals surface area contributed by atoms with Crippen LogP contribution in [0.4, 0.5) is 74.6 Å². The van der Waals surface area contributed by atoms with Gasteiger partial charge in [-0.05, 0) is 24.1 Å². The maximum absolute atomic E-state index is 13.9. The maximum atomic E-state index is 13.9. The van der Waals surface area contributed by atoms with Crippen molar-refractivity contribution in [1.82, 2.24) is 5.32 Å². The van der Waals surface area contributed by atoms with Crippen molar-refractivity contribution < 1.29 is 103 Å². The molecule has 0 saturated carbocycles. The average molecular weight is 769 g/mol. The number of rotatable bonds is 17. The number of nitrogens with one attached hydrogen (secondary N) is 1. The number of aliphatic hydroxyl groups is 1. The summed E-state index contributed by atoms with van der Waals surface area (Å²) >= 11 is 4.64. The molecule has 27 heteroatoms. The minimum absolute atomic E-state index is 0.127. The number of carbonyl (C=O) groups excluding carboxylic acids is 1. The lowest BCUT2D eigenvalue weighted by Gasteiger charge is -2.42. The van der Waals surface area contributed by atoms with E-state index in [9.17, 15) is 89.4 Å². The predicted octanol–water partition coefficient (Wildman–Crippen LogP) is 5.42. The molecule has 7 nitrogen and oxygen atoms in total. The van der Waals surface area contributed by atoms with Gasteiger partial charge in [0.25, 0.3) is 0 Å². The lowest BCUT2D eigenvalue weighted by molar-refractivity contribution is -0.461. The first-order valence-corrected chi connectivity index (χ1v) is 14.9. The molecule has 1 aliphatic rings. The van der Waals surface area contributed by atoms with E-state index in [4.69, 9.17) is 21.6 Å². The Morgan fingerprint density at radius 1 is 0.872 bits per heavy atom. The van der Waals surface area contributed by atoms with Crippen molar-refractivity contribution in [3.8, 4) is 0 Å². The summed E-state index contributed by atoms with van der Waals surface area (Å²) in [6.07, 6.45) is -15.0. The van der Waals surface area contributed by atoms with Crippen molar-refractivity contribution in [2.75, 3.05) is 19.8 Å². The first kappa shape index (κ1) is 43.8. The summed E-state index contributed by atoms with van der Waals surface area (Å²) in [4.78, 5) is 21.6. The van der Waals surface area contributed by atoms with E-state index in [-0.39, 0.29) is 12.5 Å². The van der Waals surface area contributed by atoms with Gasteiger partial charge >= 0.3 is 54.4 Å². The third kappa shape index (κ3) is 8.76. The van der Waals surface area contributed by atoms with Crippen LogP contribution in [0.15, 0.2) is 0 Å². The summed E-state index contributed by atoms with van der Waals surface area (Å²) in [7, 11) is 5.56. The smallest absolute Gasteiger partial charge is 0.389 e. The summed E-state index contributed by atoms with van der Waals surface area (Å²) in [6, 6.07) is -0.629. The standard InChI is InChI=1S/C20H22BF17NO6PS/c1-8-4-11(21)45-10(8)7-44-46(42,47)43-6-9(40)5-39-12(41)2-3-13(22,23)14(24,25)15(26,27)16(28,29)17(30,31)18(32,33)19(34,35)20(36,37)38/h8-11,40H,2-7H2,1H3,(H,39,41)(H,42,47)/t8?,9?,10-,11-,46?/m1/s1. The van der Waals surface area contributed by atoms with Crippen LogP contribution in [0.25, 0.3) is 0 Å². The number of hydrogen-bond acceptors (Lipinski definition) is 6. The fourth-order valence-corrected chi connectivity index (χ4v) is 4.66. The molecule has 1 fully saturated rings. The molecule has 1 saturated heterocycles. The van der Waals surface area contributed by atoms with Crippen LogP contribution < -0.4 is 5.32 Å². The topological polar surface area (TPSA) is 97.3 Å². The molecule has 5 atom stereocenters. The van der Waals surface area contributed by atoms with Crippen molar-refractivity contribution >= 4 is 32.3 Å². The second-order valence-corrected chi connectivity index (χ2v) is 12.9. The molecule has 1 aliphatic heterocycles. The molecule has 1 heterocycles. The molecule has 0 aromatic rings. The van der Waals surface area contributed by atoms with Crippen molar-refractivity contribution in [2.24, 2.45) is 5.92 Å². The zero-order valence-electron chi connectivity index (χ0n) is 22.9. The van der Waals surface area contributed by atoms with Gasteiger partial charge in [0, 0.05) is 25.4 Å². The van der Waals surface area contributed by atoms with Gasteiger partial charge in [-0.1, -0.05) is 6.92 Å². The summed E-state index contributed by atoms with van der Waals surface area (Å²) in [5, 5.41) is 11.2. The van der Waals surface area contributed by atoms with Crippen molar-refractivity contribution in [3.63, 3.8) is 0 Å². The van der Waals surface area contributed by atoms with Gasteiger partial charge in [-0.3, -0.25) is 4.79 Å². The van der Waals surface area contributed by atoms with E-state index >= 15 is 0 Å². The lowest BCUT2D eigenvalue weighted by atomic mass is 9.88. The van der Waals surface area contributed by atoms with E-state index < -0.39 is 104 Å². The quantitative estimate of drug-likeness (QED) is 0.103. The van der Waals surface area contributed by atoms with Gasteiger partial charge in [-0.2, -0.15) is 74.6 Å². The summed E-state index contributed by atoms with van der Waals surface area (Å²) in [5.41, 5.74) is 0. The molecule has 1 amide bonds. The van der Waals surface area contributed by atoms with Gasteiger partial charge in [-0.25, -0.2) is 0 Å². The molecule has 2 radical (unpaired) electrons. The number of hydrogen-bond donors (Lipinski definition) is 3. The van der Waals surface area contributed by atoms with Gasteiger partial charge in [0.1, 0.15) is 7.85 Å². The van der Waals surface area contributed by atoms with Gasteiger partial charge in [0.05, 0.1) is 25.4 Å². The number of ether oxygens (including phenoxy) is 1. The third-order valence-electron chi connectivity index (χ3n) is 6.41. The first-order valence-electron chi connectivity index (χ1n) is 12.3. The van der Waals surface area contributed by atoms with E-state index in [0.717, 1.165) is 0 Å². The first-order chi connectivity index (χ1) is 20.6. The molecule has 0 aromatic heterocycles. The van der Waals surface area contributed by atoms with Crippen LogP contribution in [-0.4, -0.2) is 109 Å². The molecule has 0 aliphatic carbocycles. The lowest BCUT2D eigenvalue weighted by Crippen LogP contribution is -2.74. The number of alkyl halides is 17. The van der Waals surface area contributed by atoms with E-state index in [0.29, 0.717) is 6.42 Å². The second-order valence-electron chi connectivity index (χ2n) is 10.1. The van der Waals surface area contributed by atoms with E-state index in [1.54, 1.807) is 6.92 Å². The van der Waals surface area contributed by atoms with Gasteiger partial charge in [0.2, 0.25) is 5.91 Å². The third-order valence-corrected chi connectivity index (χ3v) is 7.99. The van der Waals surface area contributed by atoms with Crippen molar-refractivity contribution in [2.45, 2.75) is 92.0 Å². The van der Waals surface area contributed by atoms with Crippen LogP contribution in [0.2, 0.25) is 0 Å². The van der Waals surface area contributed by atoms with E-state index in [1.165, 1.54) is 5.32 Å². The van der Waals surface area contributed by atoms with Gasteiger partial charge in [0.15, 0.2) is 0 Å². The van der Waals surface area contributed by atoms with E-state index in [1.807, 2.05) is 0 Å². The van der Waals surface area contributed by atoms with E-state index in [2.05, 4.69) is 11.8 Å². The Morgan fingerprint density at radius 2 is 1.32 bits per heavy atom. The molecule has 0 aromatic carbocycles. The fourth-order valence-electron chi connectivity index (χ4n) is 3.52. The Bertz CT molecular complexity index is 1150. The number of halogens is 17. The highest BCUT2D eigenvalue weighted by molar-refractivity contribution is 8.07. The van der Waals surface area contributed by atoms with Crippen molar-refractivity contribution in [1.29, 1.82) is 0 Å². The Morgan fingerprint density at radius 3 is 1.74 bits per heavy atom. The molecule has 276 valence electrons. The molecular formula is C20H22BF17NO6PS. The fraction of sp³-hybridized carbons (Fsp3) is 0.950. The van der Waals surface area contributed by atoms with Crippen LogP contribution in [-0.2, 0) is 30.4 Å². The highest BCUT2D eigenvalue weighted by atomic mass is 32.5. The molecule has 47 heavy (non-hydrogen) atoms. The molecule has 0 bridgehead atoms. The maximum Gasteiger partial charge on any atom is 0.460 e. The number of amides is 1. The van der Waals surface area contributed by atoms with Crippen LogP contribution in [0, 0.1) is 5.92 Å². The molecule has 3 unspecified atom stereocenters. The predicted molar refractivity (Wildman–Crippen MR) is 126 cm³/mol. The zero-order valence-corrected chi connectivity index (χ0v) is 24.6. The van der Waals surface area contributed by atoms with Gasteiger partial charge in [-0.15, -0.1) is 0 Å². The Kier molecular flexibility index (Phi) is 13.2. The number of aliphatic hydroxyl groups excluding tert-OH is 1. The van der Waals surface area contributed by atoms with Crippen LogP contribution >= 0.6 is 6.72 Å². The van der Waals surface area contributed by atoms with Crippen LogP contribution in [0.1, 0.15) is 26.2 Å². The zero-order chi connectivity index (χ0) is 37.5. The Balaban J connectivity index is 2.87. The largest absolute Gasteiger partial charge is 0.460 e. The average Bonchev–Trinajstić information content (AvgIpc) is 3.23. The Hall–Kier alpha value is -1.21. The van der Waals surface area contributed by atoms with Crippen LogP contribution in [0.5, 0.6) is 0 Å². The second kappa shape index (κ2) is 14.2. The highest BCUT2D eigenvalue weighted by Crippen LogP contribution is 2.64. The minimum atomic E-state index is -8.75. The summed E-state index contributed by atoms with van der Waals surface area (Å²) in [6.45, 7) is -4.71. The molecule has 0 spiro atoms. The molecule has 3 N–H and O–H groups in total. The highest BCUT2D eigenvalue weighted by Gasteiger charge is 2.95. The van der Waals surface area contributed by atoms with Crippen molar-refractivity contribution in [3.05, 3.63) is 0 Å². The monoisotopic (exact) mass is 769 g/mol. The normalized spacial score (nSPS) is 23.0. The SMILES string of the molecule is [B][C@H]1CC(C)[C@@H](COP(O)(=S)OCC(O)CNC(=O)CCC(F)(F)C(F)(F)C(F)(F)C(F)(F)C(F)(F)C(F)(F)C(F)(F)C(F)(F)F)O1. The molecule has 1 rings (SSSR count). The van der Waals surface area contributed by atoms with Crippen LogP contribution in [0.3, 0.4) is 0 Å². The summed E-state index contributed by atoms with van der Waals surface area (Å²) in [5.74, 6) is -59.5.